The molecule has 0 heterocycles. The lowest BCUT2D eigenvalue weighted by Crippen LogP contribution is -2.14. The zero-order valence-corrected chi connectivity index (χ0v) is 8.07. The average molecular weight is 210 g/mol. The second-order valence-corrected chi connectivity index (χ2v) is 2.93. The van der Waals surface area contributed by atoms with Gasteiger partial charge in [-0.25, -0.2) is 0 Å². The Morgan fingerprint density at radius 3 is 2.93 bits per heavy atom. The van der Waals surface area contributed by atoms with E-state index in [-0.39, 0.29) is 12.1 Å². The van der Waals surface area contributed by atoms with E-state index in [4.69, 9.17) is 0 Å². The van der Waals surface area contributed by atoms with Crippen molar-refractivity contribution in [1.29, 1.82) is 0 Å². The van der Waals surface area contributed by atoms with Gasteiger partial charge in [0.1, 0.15) is 0 Å². The molecule has 0 radical (unpaired) electrons. The van der Waals surface area contributed by atoms with Crippen LogP contribution in [0.2, 0.25) is 0 Å². The molecular formula is C10H11FN2O2. The van der Waals surface area contributed by atoms with Crippen molar-refractivity contribution in [3.8, 4) is 0 Å². The van der Waals surface area contributed by atoms with Crippen molar-refractivity contribution in [2.75, 3.05) is 6.54 Å². The number of nitrogens with zero attached hydrogens (tertiary/aromatic N) is 1. The van der Waals surface area contributed by atoms with E-state index in [1.807, 2.05) is 0 Å². The third-order valence-corrected chi connectivity index (χ3v) is 1.86. The van der Waals surface area contributed by atoms with Crippen LogP contribution in [0.5, 0.6) is 0 Å². The lowest BCUT2D eigenvalue weighted by atomic mass is 10.2. The fourth-order valence-electron chi connectivity index (χ4n) is 1.15. The molecule has 0 aliphatic heterocycles. The summed E-state index contributed by atoms with van der Waals surface area (Å²) in [7, 11) is 0. The number of nitro benzene ring substituents is 1. The van der Waals surface area contributed by atoms with Gasteiger partial charge in [0.15, 0.2) is 0 Å². The van der Waals surface area contributed by atoms with Crippen molar-refractivity contribution in [2.24, 2.45) is 0 Å². The standard InChI is InChI=1S/C10H11FN2O2/c1-2-6-12-7-8-4-3-5-9(10(8)11)13(14)15/h2-5,12H,1,6-7H2. The van der Waals surface area contributed by atoms with E-state index in [2.05, 4.69) is 11.9 Å². The monoisotopic (exact) mass is 210 g/mol. The normalized spacial score (nSPS) is 9.93. The van der Waals surface area contributed by atoms with Gasteiger partial charge in [-0.05, 0) is 0 Å². The molecule has 0 saturated heterocycles. The lowest BCUT2D eigenvalue weighted by Gasteiger charge is -2.03. The molecule has 0 spiro atoms. The zero-order chi connectivity index (χ0) is 11.3. The first-order valence-electron chi connectivity index (χ1n) is 4.40. The predicted octanol–water partition coefficient (Wildman–Crippen LogP) is 2.01. The Bertz CT molecular complexity index is 380. The van der Waals surface area contributed by atoms with Crippen molar-refractivity contribution in [3.63, 3.8) is 0 Å². The molecule has 80 valence electrons. The lowest BCUT2D eigenvalue weighted by molar-refractivity contribution is -0.387. The fourth-order valence-corrected chi connectivity index (χ4v) is 1.15. The Balaban J connectivity index is 2.84. The fraction of sp³-hybridized carbons (Fsp3) is 0.200. The van der Waals surface area contributed by atoms with E-state index >= 15 is 0 Å². The van der Waals surface area contributed by atoms with Crippen molar-refractivity contribution < 1.29 is 9.31 Å². The minimum atomic E-state index is -0.779. The number of nitro groups is 1. The van der Waals surface area contributed by atoms with Crippen LogP contribution in [0.4, 0.5) is 10.1 Å². The highest BCUT2D eigenvalue weighted by Gasteiger charge is 2.16. The summed E-state index contributed by atoms with van der Waals surface area (Å²) in [5.74, 6) is -0.779. The number of benzene rings is 1. The molecule has 5 heteroatoms. The molecule has 4 nitrogen and oxygen atoms in total. The summed E-state index contributed by atoms with van der Waals surface area (Å²) in [5, 5.41) is 13.3. The third-order valence-electron chi connectivity index (χ3n) is 1.86. The minimum absolute atomic E-state index is 0.250. The summed E-state index contributed by atoms with van der Waals surface area (Å²) >= 11 is 0. The molecule has 0 aromatic heterocycles. The van der Waals surface area contributed by atoms with Gasteiger partial charge in [0, 0.05) is 24.7 Å². The van der Waals surface area contributed by atoms with Crippen molar-refractivity contribution >= 4 is 5.69 Å². The minimum Gasteiger partial charge on any atom is -0.309 e. The summed E-state index contributed by atoms with van der Waals surface area (Å²) in [4.78, 5) is 9.70. The van der Waals surface area contributed by atoms with Crippen LogP contribution in [0.1, 0.15) is 5.56 Å². The van der Waals surface area contributed by atoms with Crippen LogP contribution in [0, 0.1) is 15.9 Å². The summed E-state index contributed by atoms with van der Waals surface area (Å²) in [5.41, 5.74) is -0.209. The van der Waals surface area contributed by atoms with Gasteiger partial charge in [-0.15, -0.1) is 6.58 Å². The molecule has 0 bridgehead atoms. The van der Waals surface area contributed by atoms with Crippen LogP contribution >= 0.6 is 0 Å². The molecule has 0 amide bonds. The largest absolute Gasteiger partial charge is 0.309 e. The summed E-state index contributed by atoms with van der Waals surface area (Å²) < 4.78 is 13.4. The Morgan fingerprint density at radius 2 is 2.33 bits per heavy atom. The smallest absolute Gasteiger partial charge is 0.305 e. The summed E-state index contributed by atoms with van der Waals surface area (Å²) in [6.45, 7) is 4.28. The molecular weight excluding hydrogens is 199 g/mol. The van der Waals surface area contributed by atoms with E-state index in [9.17, 15) is 14.5 Å². The molecule has 1 aromatic carbocycles. The second-order valence-electron chi connectivity index (χ2n) is 2.93. The maximum atomic E-state index is 13.4. The average Bonchev–Trinajstić information content (AvgIpc) is 2.20. The van der Waals surface area contributed by atoms with Crippen molar-refractivity contribution in [3.05, 3.63) is 52.3 Å². The van der Waals surface area contributed by atoms with E-state index < -0.39 is 16.4 Å². The van der Waals surface area contributed by atoms with Gasteiger partial charge in [-0.2, -0.15) is 4.39 Å². The summed E-state index contributed by atoms with van der Waals surface area (Å²) in [6.07, 6.45) is 1.63. The number of hydrogen-bond acceptors (Lipinski definition) is 3. The first-order chi connectivity index (χ1) is 7.16. The number of rotatable bonds is 5. The van der Waals surface area contributed by atoms with Gasteiger partial charge in [-0.1, -0.05) is 18.2 Å². The van der Waals surface area contributed by atoms with Crippen LogP contribution in [0.25, 0.3) is 0 Å². The molecule has 0 fully saturated rings. The molecule has 1 rings (SSSR count). The number of halogens is 1. The first kappa shape index (κ1) is 11.3. The van der Waals surface area contributed by atoms with Gasteiger partial charge < -0.3 is 5.32 Å². The SMILES string of the molecule is C=CCNCc1cccc([N+](=O)[O-])c1F. The Labute approximate surface area is 86.6 Å². The summed E-state index contributed by atoms with van der Waals surface area (Å²) in [6, 6.07) is 4.12. The predicted molar refractivity (Wildman–Crippen MR) is 55.0 cm³/mol. The van der Waals surface area contributed by atoms with Gasteiger partial charge in [0.25, 0.3) is 0 Å². The topological polar surface area (TPSA) is 55.2 Å². The molecule has 15 heavy (non-hydrogen) atoms. The zero-order valence-electron chi connectivity index (χ0n) is 8.07. The van der Waals surface area contributed by atoms with Gasteiger partial charge in [0.05, 0.1) is 4.92 Å². The maximum Gasteiger partial charge on any atom is 0.305 e. The van der Waals surface area contributed by atoms with Crippen LogP contribution in [0.3, 0.4) is 0 Å². The number of hydrogen-bond donors (Lipinski definition) is 1. The highest BCUT2D eigenvalue weighted by Crippen LogP contribution is 2.19. The van der Waals surface area contributed by atoms with E-state index in [1.54, 1.807) is 6.08 Å². The van der Waals surface area contributed by atoms with Crippen LogP contribution in [-0.2, 0) is 6.54 Å². The van der Waals surface area contributed by atoms with Crippen molar-refractivity contribution in [1.82, 2.24) is 5.32 Å². The van der Waals surface area contributed by atoms with E-state index in [0.717, 1.165) is 6.07 Å². The van der Waals surface area contributed by atoms with Gasteiger partial charge >= 0.3 is 5.69 Å². The Morgan fingerprint density at radius 1 is 1.60 bits per heavy atom. The third kappa shape index (κ3) is 2.85. The van der Waals surface area contributed by atoms with Gasteiger partial charge in [0.2, 0.25) is 5.82 Å². The molecule has 0 unspecified atom stereocenters. The van der Waals surface area contributed by atoms with Crippen molar-refractivity contribution in [2.45, 2.75) is 6.54 Å². The van der Waals surface area contributed by atoms with Crippen LogP contribution in [0.15, 0.2) is 30.9 Å². The Hall–Kier alpha value is -1.75. The van der Waals surface area contributed by atoms with E-state index in [1.165, 1.54) is 12.1 Å². The molecule has 0 saturated carbocycles. The second kappa shape index (κ2) is 5.21. The Kier molecular flexibility index (Phi) is 3.93. The quantitative estimate of drug-likeness (QED) is 0.350. The number of nitrogens with one attached hydrogen (secondary N) is 1. The molecule has 0 aliphatic carbocycles. The molecule has 1 aromatic rings. The highest BCUT2D eigenvalue weighted by atomic mass is 19.1. The molecule has 0 atom stereocenters. The molecule has 1 N–H and O–H groups in total. The molecule has 0 aliphatic rings. The van der Waals surface area contributed by atoms with Gasteiger partial charge in [-0.3, -0.25) is 10.1 Å². The van der Waals surface area contributed by atoms with Crippen LogP contribution in [-0.4, -0.2) is 11.5 Å². The maximum absolute atomic E-state index is 13.4. The first-order valence-corrected chi connectivity index (χ1v) is 4.40. The van der Waals surface area contributed by atoms with E-state index in [0.29, 0.717) is 6.54 Å². The van der Waals surface area contributed by atoms with Crippen LogP contribution < -0.4 is 5.32 Å². The highest BCUT2D eigenvalue weighted by molar-refractivity contribution is 5.36.